The lowest BCUT2D eigenvalue weighted by molar-refractivity contribution is 0.102. The zero-order chi connectivity index (χ0) is 14.7. The van der Waals surface area contributed by atoms with Gasteiger partial charge in [0.15, 0.2) is 0 Å². The number of nitrogens with zero attached hydrogens (tertiary/aromatic N) is 2. The van der Waals surface area contributed by atoms with Crippen LogP contribution < -0.4 is 5.32 Å². The first-order valence-corrected chi connectivity index (χ1v) is 6.46. The second-order valence-corrected chi connectivity index (χ2v) is 4.97. The van der Waals surface area contributed by atoms with Crippen LogP contribution in [0.3, 0.4) is 0 Å². The lowest BCUT2D eigenvalue weighted by Crippen LogP contribution is -2.13. The lowest BCUT2D eigenvalue weighted by atomic mass is 10.2. The van der Waals surface area contributed by atoms with E-state index in [0.29, 0.717) is 16.3 Å². The van der Waals surface area contributed by atoms with Crippen LogP contribution in [-0.2, 0) is 0 Å². The van der Waals surface area contributed by atoms with Gasteiger partial charge < -0.3 is 5.32 Å². The van der Waals surface area contributed by atoms with Gasteiger partial charge in [0.05, 0.1) is 21.8 Å². The van der Waals surface area contributed by atoms with Crippen molar-refractivity contribution in [2.45, 2.75) is 0 Å². The fraction of sp³-hybridized carbons (Fsp3) is 0. The predicted molar refractivity (Wildman–Crippen MR) is 78.4 cm³/mol. The molecular weight excluding hydrogens is 321 g/mol. The Labute approximate surface area is 129 Å². The van der Waals surface area contributed by atoms with Gasteiger partial charge in [-0.15, -0.1) is 0 Å². The van der Waals surface area contributed by atoms with Crippen LogP contribution in [0, 0.1) is 11.3 Å². The Hall–Kier alpha value is -1.80. The molecule has 0 radical (unpaired) electrons. The molecule has 0 aliphatic heterocycles. The van der Waals surface area contributed by atoms with Gasteiger partial charge in [-0.2, -0.15) is 5.26 Å². The molecule has 2 rings (SSSR count). The number of benzene rings is 1. The summed E-state index contributed by atoms with van der Waals surface area (Å²) in [6.07, 6.45) is 1.28. The number of carbonyl (C=O) groups excluding carboxylic acids is 1. The average Bonchev–Trinajstić information content (AvgIpc) is 2.41. The molecular formula is C13H6Cl3N3O. The summed E-state index contributed by atoms with van der Waals surface area (Å²) in [5.74, 6) is -0.502. The van der Waals surface area contributed by atoms with E-state index >= 15 is 0 Å². The summed E-state index contributed by atoms with van der Waals surface area (Å²) in [5.41, 5.74) is 0.753. The molecule has 0 bridgehead atoms. The van der Waals surface area contributed by atoms with Gasteiger partial charge in [-0.05, 0) is 24.3 Å². The minimum atomic E-state index is -0.502. The highest BCUT2D eigenvalue weighted by atomic mass is 35.5. The maximum atomic E-state index is 12.1. The molecule has 4 nitrogen and oxygen atoms in total. The summed E-state index contributed by atoms with van der Waals surface area (Å²) in [6.45, 7) is 0. The minimum Gasteiger partial charge on any atom is -0.321 e. The molecule has 0 spiro atoms. The number of rotatable bonds is 2. The van der Waals surface area contributed by atoms with E-state index in [1.165, 1.54) is 24.4 Å². The number of pyridine rings is 1. The van der Waals surface area contributed by atoms with Gasteiger partial charge in [0.2, 0.25) is 0 Å². The third-order valence-corrected chi connectivity index (χ3v) is 3.16. The first-order valence-electron chi connectivity index (χ1n) is 5.33. The van der Waals surface area contributed by atoms with E-state index in [2.05, 4.69) is 10.3 Å². The number of nitriles is 1. The van der Waals surface area contributed by atoms with Crippen molar-refractivity contribution in [2.75, 3.05) is 5.32 Å². The zero-order valence-corrected chi connectivity index (χ0v) is 12.1. The number of hydrogen-bond donors (Lipinski definition) is 1. The van der Waals surface area contributed by atoms with Gasteiger partial charge in [-0.3, -0.25) is 4.79 Å². The summed E-state index contributed by atoms with van der Waals surface area (Å²) in [7, 11) is 0. The Kier molecular flexibility index (Phi) is 4.46. The molecule has 0 saturated heterocycles. The standard InChI is InChI=1S/C13H6Cl3N3O/c14-8-2-1-7(5-17)11(3-8)19-13(20)9-4-12(16)18-6-10(9)15/h1-4,6H,(H,19,20). The molecule has 1 heterocycles. The molecule has 0 aliphatic rings. The molecule has 100 valence electrons. The van der Waals surface area contributed by atoms with Crippen molar-refractivity contribution in [2.24, 2.45) is 0 Å². The second-order valence-electron chi connectivity index (χ2n) is 3.74. The number of nitrogens with one attached hydrogen (secondary N) is 1. The van der Waals surface area contributed by atoms with Crippen molar-refractivity contribution < 1.29 is 4.79 Å². The van der Waals surface area contributed by atoms with Crippen LogP contribution in [0.1, 0.15) is 15.9 Å². The van der Waals surface area contributed by atoms with Crippen LogP contribution in [-0.4, -0.2) is 10.9 Å². The van der Waals surface area contributed by atoms with E-state index in [9.17, 15) is 4.79 Å². The minimum absolute atomic E-state index is 0.145. The molecule has 1 aromatic heterocycles. The fourth-order valence-corrected chi connectivity index (χ4v) is 2.01. The summed E-state index contributed by atoms with van der Waals surface area (Å²) in [4.78, 5) is 15.9. The van der Waals surface area contributed by atoms with Gasteiger partial charge in [-0.1, -0.05) is 34.8 Å². The number of anilines is 1. The SMILES string of the molecule is N#Cc1ccc(Cl)cc1NC(=O)c1cc(Cl)ncc1Cl. The number of halogens is 3. The van der Waals surface area contributed by atoms with E-state index < -0.39 is 5.91 Å². The van der Waals surface area contributed by atoms with Gasteiger partial charge in [0.1, 0.15) is 11.2 Å². The Morgan fingerprint density at radius 3 is 2.70 bits per heavy atom. The number of aromatic nitrogens is 1. The third kappa shape index (κ3) is 3.20. The highest BCUT2D eigenvalue weighted by Crippen LogP contribution is 2.23. The maximum absolute atomic E-state index is 12.1. The van der Waals surface area contributed by atoms with Gasteiger partial charge in [-0.25, -0.2) is 4.98 Å². The fourth-order valence-electron chi connectivity index (χ4n) is 1.49. The van der Waals surface area contributed by atoms with Gasteiger partial charge >= 0.3 is 0 Å². The normalized spacial score (nSPS) is 9.90. The summed E-state index contributed by atoms with van der Waals surface area (Å²) in [6, 6.07) is 7.86. The lowest BCUT2D eigenvalue weighted by Gasteiger charge is -2.08. The maximum Gasteiger partial charge on any atom is 0.257 e. The quantitative estimate of drug-likeness (QED) is 0.842. The molecule has 7 heteroatoms. The third-order valence-electron chi connectivity index (χ3n) is 2.42. The molecule has 1 amide bonds. The molecule has 2 aromatic rings. The van der Waals surface area contributed by atoms with Gasteiger partial charge in [0, 0.05) is 11.2 Å². The zero-order valence-electron chi connectivity index (χ0n) is 9.82. The first kappa shape index (κ1) is 14.6. The smallest absolute Gasteiger partial charge is 0.257 e. The molecule has 1 aromatic carbocycles. The summed E-state index contributed by atoms with van der Waals surface area (Å²) >= 11 is 17.5. The van der Waals surface area contributed by atoms with Crippen LogP contribution in [0.4, 0.5) is 5.69 Å². The highest BCUT2D eigenvalue weighted by molar-refractivity contribution is 6.35. The topological polar surface area (TPSA) is 65.8 Å². The first-order chi connectivity index (χ1) is 9.51. The van der Waals surface area contributed by atoms with Crippen molar-refractivity contribution in [1.82, 2.24) is 4.98 Å². The molecule has 20 heavy (non-hydrogen) atoms. The van der Waals surface area contributed by atoms with Crippen LogP contribution in [0.5, 0.6) is 0 Å². The molecule has 0 saturated carbocycles. The van der Waals surface area contributed by atoms with Crippen molar-refractivity contribution in [3.05, 3.63) is 56.8 Å². The largest absolute Gasteiger partial charge is 0.321 e. The Morgan fingerprint density at radius 1 is 1.25 bits per heavy atom. The monoisotopic (exact) mass is 325 g/mol. The number of amides is 1. The summed E-state index contributed by atoms with van der Waals surface area (Å²) in [5, 5.41) is 12.3. The number of hydrogen-bond acceptors (Lipinski definition) is 3. The Balaban J connectivity index is 2.35. The molecule has 0 aliphatic carbocycles. The van der Waals surface area contributed by atoms with E-state index in [1.807, 2.05) is 6.07 Å². The second kappa shape index (κ2) is 6.10. The van der Waals surface area contributed by atoms with E-state index in [-0.39, 0.29) is 15.7 Å². The van der Waals surface area contributed by atoms with Crippen LogP contribution in [0.2, 0.25) is 15.2 Å². The van der Waals surface area contributed by atoms with Crippen LogP contribution in [0.25, 0.3) is 0 Å². The van der Waals surface area contributed by atoms with Crippen molar-refractivity contribution in [3.63, 3.8) is 0 Å². The Bertz CT molecular complexity index is 725. The molecule has 1 N–H and O–H groups in total. The van der Waals surface area contributed by atoms with E-state index in [0.717, 1.165) is 0 Å². The van der Waals surface area contributed by atoms with E-state index in [4.69, 9.17) is 40.1 Å². The molecule has 0 atom stereocenters. The molecule has 0 unspecified atom stereocenters. The highest BCUT2D eigenvalue weighted by Gasteiger charge is 2.14. The predicted octanol–water partition coefficient (Wildman–Crippen LogP) is 4.17. The average molecular weight is 327 g/mol. The van der Waals surface area contributed by atoms with Crippen molar-refractivity contribution in [1.29, 1.82) is 5.26 Å². The van der Waals surface area contributed by atoms with Gasteiger partial charge in [0.25, 0.3) is 5.91 Å². The molecule has 0 fully saturated rings. The summed E-state index contributed by atoms with van der Waals surface area (Å²) < 4.78 is 0. The van der Waals surface area contributed by atoms with Crippen LogP contribution >= 0.6 is 34.8 Å². The van der Waals surface area contributed by atoms with Crippen LogP contribution in [0.15, 0.2) is 30.5 Å². The van der Waals surface area contributed by atoms with E-state index in [1.54, 1.807) is 6.07 Å². The van der Waals surface area contributed by atoms with Crippen molar-refractivity contribution >= 4 is 46.4 Å². The Morgan fingerprint density at radius 2 is 2.00 bits per heavy atom. The van der Waals surface area contributed by atoms with Crippen molar-refractivity contribution in [3.8, 4) is 6.07 Å². The number of carbonyl (C=O) groups is 1.